The number of rotatable bonds is 6. The van der Waals surface area contributed by atoms with Crippen molar-refractivity contribution in [1.82, 2.24) is 14.6 Å². The number of hydrogen-bond donors (Lipinski definition) is 1. The lowest BCUT2D eigenvalue weighted by Crippen LogP contribution is -2.43. The summed E-state index contributed by atoms with van der Waals surface area (Å²) in [4.78, 5) is 7.02. The van der Waals surface area contributed by atoms with Gasteiger partial charge in [0.15, 0.2) is 5.89 Å². The van der Waals surface area contributed by atoms with Crippen molar-refractivity contribution in [2.75, 3.05) is 32.8 Å². The molecule has 4 rings (SSSR count). The lowest BCUT2D eigenvalue weighted by Gasteiger charge is -2.35. The van der Waals surface area contributed by atoms with Crippen LogP contribution in [0, 0.1) is 12.8 Å². The summed E-state index contributed by atoms with van der Waals surface area (Å²) in [6.07, 6.45) is 4.72. The van der Waals surface area contributed by atoms with Gasteiger partial charge in [-0.15, -0.1) is 0 Å². The van der Waals surface area contributed by atoms with Crippen LogP contribution in [0.5, 0.6) is 0 Å². The highest BCUT2D eigenvalue weighted by Gasteiger charge is 2.28. The van der Waals surface area contributed by atoms with E-state index in [1.54, 1.807) is 37.5 Å². The van der Waals surface area contributed by atoms with Crippen molar-refractivity contribution >= 4 is 10.0 Å². The number of sulfonamides is 1. The van der Waals surface area contributed by atoms with Crippen LogP contribution in [0.3, 0.4) is 0 Å². The molecule has 0 aliphatic carbocycles. The number of piperidine rings is 1. The second kappa shape index (κ2) is 8.32. The van der Waals surface area contributed by atoms with Crippen LogP contribution >= 0.6 is 0 Å². The van der Waals surface area contributed by atoms with Crippen molar-refractivity contribution in [3.8, 4) is 11.3 Å². The van der Waals surface area contributed by atoms with Crippen LogP contribution in [-0.2, 0) is 14.8 Å². The Hall–Kier alpha value is -1.74. The number of nitrogens with one attached hydrogen (secondary N) is 1. The van der Waals surface area contributed by atoms with Crippen LogP contribution in [0.25, 0.3) is 11.3 Å². The number of aromatic nitrogens is 1. The zero-order chi connectivity index (χ0) is 19.6. The fourth-order valence-corrected chi connectivity index (χ4v) is 5.06. The lowest BCUT2D eigenvalue weighted by molar-refractivity contribution is 0.111. The average Bonchev–Trinajstić information content (AvgIpc) is 3.39. The smallest absolute Gasteiger partial charge is 0.240 e. The van der Waals surface area contributed by atoms with Gasteiger partial charge in [-0.1, -0.05) is 12.1 Å². The van der Waals surface area contributed by atoms with Crippen LogP contribution in [0.4, 0.5) is 0 Å². The first-order chi connectivity index (χ1) is 13.5. The number of oxazole rings is 1. The molecule has 1 aromatic carbocycles. The number of likely N-dealkylation sites (tertiary alicyclic amines) is 1. The first-order valence-electron chi connectivity index (χ1n) is 9.85. The molecule has 152 valence electrons. The summed E-state index contributed by atoms with van der Waals surface area (Å²) in [6, 6.07) is 7.29. The topological polar surface area (TPSA) is 84.7 Å². The van der Waals surface area contributed by atoms with Gasteiger partial charge in [0.1, 0.15) is 12.0 Å². The fourth-order valence-electron chi connectivity index (χ4n) is 3.94. The van der Waals surface area contributed by atoms with Crippen LogP contribution in [0.1, 0.15) is 25.2 Å². The maximum absolute atomic E-state index is 12.6. The highest BCUT2D eigenvalue weighted by molar-refractivity contribution is 7.89. The molecule has 2 fully saturated rings. The van der Waals surface area contributed by atoms with E-state index >= 15 is 0 Å². The molecule has 2 saturated heterocycles. The minimum Gasteiger partial charge on any atom is -0.449 e. The number of hydrogen-bond acceptors (Lipinski definition) is 6. The van der Waals surface area contributed by atoms with E-state index in [2.05, 4.69) is 14.6 Å². The Labute approximate surface area is 166 Å². The van der Waals surface area contributed by atoms with E-state index in [1.165, 1.54) is 0 Å². The first-order valence-corrected chi connectivity index (χ1v) is 11.3. The molecule has 28 heavy (non-hydrogen) atoms. The molecule has 0 amide bonds. The molecule has 0 bridgehead atoms. The Kier molecular flexibility index (Phi) is 5.82. The quantitative estimate of drug-likeness (QED) is 0.795. The molecule has 2 aliphatic heterocycles. The van der Waals surface area contributed by atoms with Crippen molar-refractivity contribution in [3.63, 3.8) is 0 Å². The summed E-state index contributed by atoms with van der Waals surface area (Å²) in [5, 5.41) is 0. The van der Waals surface area contributed by atoms with Crippen molar-refractivity contribution in [2.45, 2.75) is 37.1 Å². The van der Waals surface area contributed by atoms with Crippen LogP contribution in [0.2, 0.25) is 0 Å². The fraction of sp³-hybridized carbons (Fsp3) is 0.550. The van der Waals surface area contributed by atoms with E-state index in [0.29, 0.717) is 30.1 Å². The third-order valence-electron chi connectivity index (χ3n) is 5.71. The zero-order valence-corrected chi connectivity index (χ0v) is 17.0. The standard InChI is InChI=1S/C20H27N3O4S/c1-15-22-20(14-27-15)17-2-4-19(5-3-17)28(24,25)21-12-16-6-9-23(10-7-16)18-8-11-26-13-18/h2-5,14,16,18,21H,6-13H2,1H3/t18-/m1/s1. The molecule has 0 spiro atoms. The summed E-state index contributed by atoms with van der Waals surface area (Å²) < 4.78 is 38.7. The van der Waals surface area contributed by atoms with Crippen molar-refractivity contribution in [1.29, 1.82) is 0 Å². The van der Waals surface area contributed by atoms with Gasteiger partial charge < -0.3 is 9.15 Å². The summed E-state index contributed by atoms with van der Waals surface area (Å²) in [6.45, 7) is 6.00. The minimum atomic E-state index is -3.51. The van der Waals surface area contributed by atoms with Gasteiger partial charge in [0, 0.05) is 31.7 Å². The van der Waals surface area contributed by atoms with Gasteiger partial charge in [0.2, 0.25) is 10.0 Å². The van der Waals surface area contributed by atoms with Crippen molar-refractivity contribution < 1.29 is 17.6 Å². The Morgan fingerprint density at radius 3 is 2.54 bits per heavy atom. The second-order valence-electron chi connectivity index (χ2n) is 7.62. The Morgan fingerprint density at radius 2 is 1.93 bits per heavy atom. The first kappa shape index (κ1) is 19.6. The third kappa shape index (κ3) is 4.46. The second-order valence-corrected chi connectivity index (χ2v) is 9.39. The van der Waals surface area contributed by atoms with E-state index in [4.69, 9.17) is 9.15 Å². The average molecular weight is 406 g/mol. The van der Waals surface area contributed by atoms with Gasteiger partial charge in [0.25, 0.3) is 0 Å². The molecule has 1 atom stereocenters. The predicted octanol–water partition coefficient (Wildman–Crippen LogP) is 2.43. The van der Waals surface area contributed by atoms with Crippen LogP contribution < -0.4 is 4.72 Å². The Bertz CT molecular complexity index is 880. The molecule has 2 aromatic rings. The molecule has 3 heterocycles. The van der Waals surface area contributed by atoms with E-state index in [9.17, 15) is 8.42 Å². The van der Waals surface area contributed by atoms with Gasteiger partial charge in [-0.25, -0.2) is 18.1 Å². The maximum atomic E-state index is 12.6. The van der Waals surface area contributed by atoms with E-state index < -0.39 is 10.0 Å². The molecule has 0 saturated carbocycles. The van der Waals surface area contributed by atoms with E-state index in [1.807, 2.05) is 0 Å². The van der Waals surface area contributed by atoms with E-state index in [-0.39, 0.29) is 4.90 Å². The Balaban J connectivity index is 1.30. The van der Waals surface area contributed by atoms with Crippen LogP contribution in [-0.4, -0.2) is 57.2 Å². The predicted molar refractivity (Wildman–Crippen MR) is 105 cm³/mol. The SMILES string of the molecule is Cc1nc(-c2ccc(S(=O)(=O)NCC3CCN([C@@H]4CCOC4)CC3)cc2)co1. The lowest BCUT2D eigenvalue weighted by atomic mass is 9.96. The molecule has 1 N–H and O–H groups in total. The number of benzene rings is 1. The molecule has 0 radical (unpaired) electrons. The van der Waals surface area contributed by atoms with Crippen molar-refractivity contribution in [3.05, 3.63) is 36.4 Å². The number of ether oxygens (including phenoxy) is 1. The summed E-state index contributed by atoms with van der Waals surface area (Å²) >= 11 is 0. The Morgan fingerprint density at radius 1 is 1.18 bits per heavy atom. The normalized spacial score (nSPS) is 22.0. The molecule has 7 nitrogen and oxygen atoms in total. The summed E-state index contributed by atoms with van der Waals surface area (Å²) in [5.41, 5.74) is 1.54. The highest BCUT2D eigenvalue weighted by Crippen LogP contribution is 2.23. The van der Waals surface area contributed by atoms with Crippen LogP contribution in [0.15, 0.2) is 39.8 Å². The van der Waals surface area contributed by atoms with Gasteiger partial charge in [-0.3, -0.25) is 4.90 Å². The molecular formula is C20H27N3O4S. The van der Waals surface area contributed by atoms with Crippen molar-refractivity contribution in [2.24, 2.45) is 5.92 Å². The highest BCUT2D eigenvalue weighted by atomic mass is 32.2. The molecule has 1 aromatic heterocycles. The molecule has 0 unspecified atom stereocenters. The zero-order valence-electron chi connectivity index (χ0n) is 16.1. The summed E-state index contributed by atoms with van der Waals surface area (Å²) in [5.74, 6) is 0.964. The number of aryl methyl sites for hydroxylation is 1. The monoisotopic (exact) mass is 405 g/mol. The van der Waals surface area contributed by atoms with Gasteiger partial charge in [0.05, 0.1) is 11.5 Å². The minimum absolute atomic E-state index is 0.275. The summed E-state index contributed by atoms with van der Waals surface area (Å²) in [7, 11) is -3.51. The molecule has 8 heteroatoms. The largest absolute Gasteiger partial charge is 0.449 e. The van der Waals surface area contributed by atoms with Gasteiger partial charge in [-0.05, 0) is 50.4 Å². The van der Waals surface area contributed by atoms with Gasteiger partial charge >= 0.3 is 0 Å². The molecular weight excluding hydrogens is 378 g/mol. The van der Waals surface area contributed by atoms with Gasteiger partial charge in [-0.2, -0.15) is 0 Å². The third-order valence-corrected chi connectivity index (χ3v) is 7.15. The van der Waals surface area contributed by atoms with E-state index in [0.717, 1.165) is 51.1 Å². The molecule has 2 aliphatic rings. The maximum Gasteiger partial charge on any atom is 0.240 e. The number of nitrogens with zero attached hydrogens (tertiary/aromatic N) is 2.